The fraction of sp³-hybridized carbons (Fsp3) is 0.889. The van der Waals surface area contributed by atoms with Gasteiger partial charge in [-0.15, -0.1) is 11.8 Å². The molecule has 1 aliphatic heterocycles. The molecule has 2 fully saturated rings. The number of hydrogen-bond acceptors (Lipinski definition) is 3. The van der Waals surface area contributed by atoms with Gasteiger partial charge in [-0.2, -0.15) is 0 Å². The van der Waals surface area contributed by atoms with E-state index in [-0.39, 0.29) is 0 Å². The van der Waals surface area contributed by atoms with Gasteiger partial charge in [0.2, 0.25) is 0 Å². The summed E-state index contributed by atoms with van der Waals surface area (Å²) in [5, 5.41) is 0. The van der Waals surface area contributed by atoms with Crippen LogP contribution in [0.3, 0.4) is 0 Å². The molecular weight excluding hydrogens is 278 g/mol. The van der Waals surface area contributed by atoms with E-state index >= 15 is 0 Å². The molecule has 0 aromatic heterocycles. The molecule has 0 unspecified atom stereocenters. The SMILES string of the molecule is CN(C)C1CCC(C2=C(C3CCCCC3)SCCO2)CC1. The Bertz CT molecular complexity index is 365. The highest BCUT2D eigenvalue weighted by Crippen LogP contribution is 2.44. The molecule has 0 aromatic rings. The van der Waals surface area contributed by atoms with Crippen molar-refractivity contribution in [3.8, 4) is 0 Å². The van der Waals surface area contributed by atoms with Gasteiger partial charge < -0.3 is 9.64 Å². The lowest BCUT2D eigenvalue weighted by Gasteiger charge is -2.37. The summed E-state index contributed by atoms with van der Waals surface area (Å²) in [6, 6.07) is 0.788. The number of allylic oxidation sites excluding steroid dienone is 2. The van der Waals surface area contributed by atoms with Crippen LogP contribution >= 0.6 is 11.8 Å². The van der Waals surface area contributed by atoms with E-state index in [0.717, 1.165) is 18.6 Å². The first kappa shape index (κ1) is 15.7. The summed E-state index contributed by atoms with van der Waals surface area (Å²) in [7, 11) is 4.45. The summed E-state index contributed by atoms with van der Waals surface area (Å²) in [6.07, 6.45) is 12.4. The molecule has 0 amide bonds. The van der Waals surface area contributed by atoms with Crippen molar-refractivity contribution in [2.45, 2.75) is 63.8 Å². The zero-order valence-electron chi connectivity index (χ0n) is 13.8. The Morgan fingerprint density at radius 3 is 2.29 bits per heavy atom. The molecular formula is C18H31NOS. The van der Waals surface area contributed by atoms with Crippen molar-refractivity contribution in [3.63, 3.8) is 0 Å². The van der Waals surface area contributed by atoms with E-state index in [1.807, 2.05) is 0 Å². The average Bonchev–Trinajstić information content (AvgIpc) is 2.56. The van der Waals surface area contributed by atoms with Crippen LogP contribution in [-0.2, 0) is 4.74 Å². The third-order valence-electron chi connectivity index (χ3n) is 5.62. The lowest BCUT2D eigenvalue weighted by molar-refractivity contribution is 0.137. The second kappa shape index (κ2) is 7.41. The highest BCUT2D eigenvalue weighted by Gasteiger charge is 2.32. The van der Waals surface area contributed by atoms with Crippen LogP contribution < -0.4 is 0 Å². The molecule has 21 heavy (non-hydrogen) atoms. The summed E-state index contributed by atoms with van der Waals surface area (Å²) in [6.45, 7) is 0.934. The maximum absolute atomic E-state index is 6.22. The van der Waals surface area contributed by atoms with Crippen molar-refractivity contribution in [2.75, 3.05) is 26.5 Å². The smallest absolute Gasteiger partial charge is 0.109 e. The summed E-state index contributed by atoms with van der Waals surface area (Å²) in [4.78, 5) is 4.07. The minimum atomic E-state index is 0.714. The Balaban J connectivity index is 1.69. The van der Waals surface area contributed by atoms with Crippen LogP contribution in [-0.4, -0.2) is 37.4 Å². The second-order valence-corrected chi connectivity index (χ2v) is 8.37. The maximum atomic E-state index is 6.22. The Labute approximate surface area is 134 Å². The van der Waals surface area contributed by atoms with Crippen LogP contribution in [0.25, 0.3) is 0 Å². The van der Waals surface area contributed by atoms with Crippen molar-refractivity contribution in [1.29, 1.82) is 0 Å². The standard InChI is InChI=1S/C18H31NOS/c1-19(2)16-10-8-14(9-11-16)17-18(21-13-12-20-17)15-6-4-3-5-7-15/h14-16H,3-13H2,1-2H3. The predicted molar refractivity (Wildman–Crippen MR) is 91.4 cm³/mol. The zero-order valence-corrected chi connectivity index (χ0v) is 14.6. The molecule has 0 bridgehead atoms. The summed E-state index contributed by atoms with van der Waals surface area (Å²) in [5.41, 5.74) is 0. The molecule has 0 radical (unpaired) electrons. The molecule has 0 atom stereocenters. The van der Waals surface area contributed by atoms with Gasteiger partial charge in [0.1, 0.15) is 5.76 Å². The molecule has 3 rings (SSSR count). The van der Waals surface area contributed by atoms with Gasteiger partial charge in [-0.3, -0.25) is 0 Å². The molecule has 1 heterocycles. The minimum absolute atomic E-state index is 0.714. The first-order valence-electron chi connectivity index (χ1n) is 8.92. The predicted octanol–water partition coefficient (Wildman–Crippen LogP) is 4.66. The van der Waals surface area contributed by atoms with Crippen LogP contribution in [0.2, 0.25) is 0 Å². The summed E-state index contributed by atoms with van der Waals surface area (Å²) in [5.74, 6) is 4.13. The van der Waals surface area contributed by atoms with Crippen LogP contribution in [0.4, 0.5) is 0 Å². The van der Waals surface area contributed by atoms with Crippen LogP contribution in [0, 0.1) is 11.8 Å². The van der Waals surface area contributed by atoms with E-state index in [1.165, 1.54) is 69.3 Å². The number of rotatable bonds is 3. The highest BCUT2D eigenvalue weighted by atomic mass is 32.2. The van der Waals surface area contributed by atoms with Gasteiger partial charge in [0.25, 0.3) is 0 Å². The van der Waals surface area contributed by atoms with Gasteiger partial charge in [-0.1, -0.05) is 19.3 Å². The van der Waals surface area contributed by atoms with Gasteiger partial charge in [-0.25, -0.2) is 0 Å². The molecule has 0 spiro atoms. The van der Waals surface area contributed by atoms with E-state index in [2.05, 4.69) is 30.8 Å². The lowest BCUT2D eigenvalue weighted by Crippen LogP contribution is -2.33. The molecule has 3 aliphatic rings. The van der Waals surface area contributed by atoms with Crippen molar-refractivity contribution >= 4 is 11.8 Å². The van der Waals surface area contributed by atoms with Crippen LogP contribution in [0.5, 0.6) is 0 Å². The Kier molecular flexibility index (Phi) is 5.55. The summed E-state index contributed by atoms with van der Waals surface area (Å²) >= 11 is 2.12. The molecule has 2 nitrogen and oxygen atoms in total. The van der Waals surface area contributed by atoms with Gasteiger partial charge in [0, 0.05) is 22.6 Å². The van der Waals surface area contributed by atoms with Crippen LogP contribution in [0.1, 0.15) is 57.8 Å². The van der Waals surface area contributed by atoms with Crippen LogP contribution in [0.15, 0.2) is 10.7 Å². The Morgan fingerprint density at radius 1 is 0.905 bits per heavy atom. The van der Waals surface area contributed by atoms with Gasteiger partial charge in [0.15, 0.2) is 0 Å². The van der Waals surface area contributed by atoms with E-state index in [9.17, 15) is 0 Å². The minimum Gasteiger partial charge on any atom is -0.496 e. The normalized spacial score (nSPS) is 32.3. The van der Waals surface area contributed by atoms with Crippen molar-refractivity contribution < 1.29 is 4.74 Å². The van der Waals surface area contributed by atoms with Gasteiger partial charge in [0.05, 0.1) is 6.61 Å². The lowest BCUT2D eigenvalue weighted by atomic mass is 9.81. The van der Waals surface area contributed by atoms with Crippen molar-refractivity contribution in [3.05, 3.63) is 10.7 Å². The number of nitrogens with zero attached hydrogens (tertiary/aromatic N) is 1. The van der Waals surface area contributed by atoms with E-state index in [0.29, 0.717) is 5.92 Å². The van der Waals surface area contributed by atoms with E-state index < -0.39 is 0 Å². The number of thioether (sulfide) groups is 1. The molecule has 3 heteroatoms. The third kappa shape index (κ3) is 3.79. The second-order valence-electron chi connectivity index (χ2n) is 7.23. The molecule has 120 valence electrons. The topological polar surface area (TPSA) is 12.5 Å². The van der Waals surface area contributed by atoms with E-state index in [1.54, 1.807) is 4.91 Å². The first-order chi connectivity index (χ1) is 10.3. The van der Waals surface area contributed by atoms with Crippen molar-refractivity contribution in [1.82, 2.24) is 4.90 Å². The molecule has 2 saturated carbocycles. The number of hydrogen-bond donors (Lipinski definition) is 0. The summed E-state index contributed by atoms with van der Waals surface area (Å²) < 4.78 is 6.22. The highest BCUT2D eigenvalue weighted by molar-refractivity contribution is 8.03. The zero-order chi connectivity index (χ0) is 14.7. The maximum Gasteiger partial charge on any atom is 0.109 e. The quantitative estimate of drug-likeness (QED) is 0.752. The van der Waals surface area contributed by atoms with Gasteiger partial charge in [-0.05, 0) is 58.5 Å². The first-order valence-corrected chi connectivity index (χ1v) is 9.90. The molecule has 0 N–H and O–H groups in total. The van der Waals surface area contributed by atoms with E-state index in [4.69, 9.17) is 4.74 Å². The average molecular weight is 310 g/mol. The fourth-order valence-corrected chi connectivity index (χ4v) is 5.53. The molecule has 2 aliphatic carbocycles. The Hall–Kier alpha value is -0.150. The van der Waals surface area contributed by atoms with Crippen molar-refractivity contribution in [2.24, 2.45) is 11.8 Å². The number of ether oxygens (including phenoxy) is 1. The molecule has 0 aromatic carbocycles. The monoisotopic (exact) mass is 309 g/mol. The largest absolute Gasteiger partial charge is 0.496 e. The molecule has 0 saturated heterocycles. The third-order valence-corrected chi connectivity index (χ3v) is 6.83. The Morgan fingerprint density at radius 2 is 1.62 bits per heavy atom. The fourth-order valence-electron chi connectivity index (χ4n) is 4.30. The van der Waals surface area contributed by atoms with Gasteiger partial charge >= 0.3 is 0 Å².